The van der Waals surface area contributed by atoms with E-state index in [1.54, 1.807) is 13.0 Å². The molecule has 0 aliphatic carbocycles. The lowest BCUT2D eigenvalue weighted by atomic mass is 10.0. The lowest BCUT2D eigenvalue weighted by Gasteiger charge is -2.18. The predicted molar refractivity (Wildman–Crippen MR) is 55.7 cm³/mol. The highest BCUT2D eigenvalue weighted by Crippen LogP contribution is 2.10. The van der Waals surface area contributed by atoms with E-state index in [-0.39, 0.29) is 0 Å². The first-order chi connectivity index (χ1) is 5.98. The lowest BCUT2D eigenvalue weighted by molar-refractivity contribution is 0.0456. The Morgan fingerprint density at radius 1 is 1.46 bits per heavy atom. The summed E-state index contributed by atoms with van der Waals surface area (Å²) in [4.78, 5) is 0. The Hall–Kier alpha value is -0.340. The minimum absolute atomic E-state index is 0.603. The van der Waals surface area contributed by atoms with E-state index in [1.807, 2.05) is 0 Å². The van der Waals surface area contributed by atoms with E-state index >= 15 is 0 Å². The van der Waals surface area contributed by atoms with Crippen LogP contribution in [0.5, 0.6) is 0 Å². The second-order valence-electron chi connectivity index (χ2n) is 4.11. The first-order valence-electron chi connectivity index (χ1n) is 4.91. The van der Waals surface area contributed by atoms with E-state index in [9.17, 15) is 5.11 Å². The number of rotatable bonds is 7. The average molecular weight is 186 g/mol. The molecule has 0 saturated carbocycles. The highest BCUT2D eigenvalue weighted by Gasteiger charge is 2.14. The van der Waals surface area contributed by atoms with Gasteiger partial charge in [0.15, 0.2) is 0 Å². The summed E-state index contributed by atoms with van der Waals surface area (Å²) in [5.41, 5.74) is -0.780. The molecule has 0 aliphatic heterocycles. The van der Waals surface area contributed by atoms with E-state index in [1.165, 1.54) is 0 Å². The van der Waals surface area contributed by atoms with Gasteiger partial charge >= 0.3 is 0 Å². The van der Waals surface area contributed by atoms with Gasteiger partial charge in [-0.15, -0.1) is 6.58 Å². The molecule has 0 bridgehead atoms. The first-order valence-corrected chi connectivity index (χ1v) is 4.91. The fourth-order valence-corrected chi connectivity index (χ4v) is 0.802. The van der Waals surface area contributed by atoms with Crippen LogP contribution in [0.3, 0.4) is 0 Å². The molecule has 0 rings (SSSR count). The molecule has 0 aliphatic rings. The molecule has 0 saturated heterocycles. The van der Waals surface area contributed by atoms with Crippen molar-refractivity contribution in [1.29, 1.82) is 0 Å². The maximum atomic E-state index is 9.53. The summed E-state index contributed by atoms with van der Waals surface area (Å²) < 4.78 is 5.37. The molecule has 0 heterocycles. The highest BCUT2D eigenvalue weighted by atomic mass is 16.5. The molecule has 78 valence electrons. The fraction of sp³-hybridized carbons (Fsp3) is 0.818. The lowest BCUT2D eigenvalue weighted by Crippen LogP contribution is -2.22. The summed E-state index contributed by atoms with van der Waals surface area (Å²) in [5, 5.41) is 9.53. The number of aliphatic hydroxyl groups is 1. The van der Waals surface area contributed by atoms with E-state index < -0.39 is 5.60 Å². The smallest absolute Gasteiger partial charge is 0.0819 e. The molecule has 0 radical (unpaired) electrons. The zero-order valence-corrected chi connectivity index (χ0v) is 9.05. The third-order valence-electron chi connectivity index (χ3n) is 2.03. The van der Waals surface area contributed by atoms with Crippen molar-refractivity contribution in [3.8, 4) is 0 Å². The third kappa shape index (κ3) is 8.00. The van der Waals surface area contributed by atoms with Gasteiger partial charge in [-0.25, -0.2) is 0 Å². The predicted octanol–water partition coefficient (Wildman–Crippen LogP) is 2.38. The Kier molecular flexibility index (Phi) is 6.00. The Bertz CT molecular complexity index is 139. The van der Waals surface area contributed by atoms with Crippen LogP contribution in [0.15, 0.2) is 12.7 Å². The van der Waals surface area contributed by atoms with Gasteiger partial charge in [-0.1, -0.05) is 19.9 Å². The summed E-state index contributed by atoms with van der Waals surface area (Å²) in [5.74, 6) is 0.680. The minimum atomic E-state index is -0.780. The van der Waals surface area contributed by atoms with E-state index in [2.05, 4.69) is 20.4 Å². The summed E-state index contributed by atoms with van der Waals surface area (Å²) in [6.07, 6.45) is 3.25. The molecule has 2 nitrogen and oxygen atoms in total. The second kappa shape index (κ2) is 6.17. The van der Waals surface area contributed by atoms with Crippen molar-refractivity contribution in [1.82, 2.24) is 0 Å². The van der Waals surface area contributed by atoms with Crippen molar-refractivity contribution in [2.24, 2.45) is 5.92 Å². The Morgan fingerprint density at radius 3 is 2.54 bits per heavy atom. The molecular formula is C11H22O2. The van der Waals surface area contributed by atoms with Crippen LogP contribution in [0.2, 0.25) is 0 Å². The number of ether oxygens (including phenoxy) is 1. The molecule has 1 N–H and O–H groups in total. The summed E-state index contributed by atoms with van der Waals surface area (Å²) in [7, 11) is 0. The standard InChI is InChI=1S/C11H22O2/c1-5-11(4,12)7-9-13-8-6-10(2)3/h5,10,12H,1,6-9H2,2-4H3. The largest absolute Gasteiger partial charge is 0.386 e. The van der Waals surface area contributed by atoms with Gasteiger partial charge in [0.25, 0.3) is 0 Å². The zero-order chi connectivity index (χ0) is 10.3. The molecule has 0 aromatic rings. The van der Waals surface area contributed by atoms with E-state index in [4.69, 9.17) is 4.74 Å². The topological polar surface area (TPSA) is 29.5 Å². The average Bonchev–Trinajstić information content (AvgIpc) is 2.03. The van der Waals surface area contributed by atoms with Crippen molar-refractivity contribution < 1.29 is 9.84 Å². The van der Waals surface area contributed by atoms with Crippen LogP contribution in [0, 0.1) is 5.92 Å². The number of hydrogen-bond donors (Lipinski definition) is 1. The van der Waals surface area contributed by atoms with Gasteiger partial charge < -0.3 is 9.84 Å². The summed E-state index contributed by atoms with van der Waals surface area (Å²) in [6.45, 7) is 11.0. The number of hydrogen-bond acceptors (Lipinski definition) is 2. The monoisotopic (exact) mass is 186 g/mol. The Balaban J connectivity index is 3.30. The van der Waals surface area contributed by atoms with Gasteiger partial charge in [0.05, 0.1) is 5.60 Å². The van der Waals surface area contributed by atoms with Crippen LogP contribution in [-0.2, 0) is 4.74 Å². The summed E-state index contributed by atoms with van der Waals surface area (Å²) >= 11 is 0. The van der Waals surface area contributed by atoms with Gasteiger partial charge in [0.2, 0.25) is 0 Å². The maximum Gasteiger partial charge on any atom is 0.0819 e. The zero-order valence-electron chi connectivity index (χ0n) is 9.05. The molecule has 1 unspecified atom stereocenters. The molecular weight excluding hydrogens is 164 g/mol. The van der Waals surface area contributed by atoms with Crippen molar-refractivity contribution in [2.75, 3.05) is 13.2 Å². The van der Waals surface area contributed by atoms with E-state index in [0.29, 0.717) is 18.9 Å². The second-order valence-corrected chi connectivity index (χ2v) is 4.11. The van der Waals surface area contributed by atoms with E-state index in [0.717, 1.165) is 13.0 Å². The van der Waals surface area contributed by atoms with Crippen LogP contribution < -0.4 is 0 Å². The third-order valence-corrected chi connectivity index (χ3v) is 2.03. The van der Waals surface area contributed by atoms with Crippen LogP contribution >= 0.6 is 0 Å². The maximum absolute atomic E-state index is 9.53. The van der Waals surface area contributed by atoms with Crippen LogP contribution in [0.25, 0.3) is 0 Å². The highest BCUT2D eigenvalue weighted by molar-refractivity contribution is 4.91. The van der Waals surface area contributed by atoms with Gasteiger partial charge in [-0.2, -0.15) is 0 Å². The molecule has 0 spiro atoms. The first kappa shape index (κ1) is 12.7. The fourth-order valence-electron chi connectivity index (χ4n) is 0.802. The Labute approximate surface area is 81.6 Å². The van der Waals surface area contributed by atoms with Gasteiger partial charge in [0.1, 0.15) is 0 Å². The van der Waals surface area contributed by atoms with Gasteiger partial charge in [-0.3, -0.25) is 0 Å². The van der Waals surface area contributed by atoms with Crippen LogP contribution in [0.4, 0.5) is 0 Å². The van der Waals surface area contributed by atoms with Crippen molar-refractivity contribution in [3.63, 3.8) is 0 Å². The molecule has 0 fully saturated rings. The molecule has 2 heteroatoms. The molecule has 0 amide bonds. The van der Waals surface area contributed by atoms with Crippen molar-refractivity contribution >= 4 is 0 Å². The minimum Gasteiger partial charge on any atom is -0.386 e. The molecule has 0 aromatic heterocycles. The van der Waals surface area contributed by atoms with Crippen molar-refractivity contribution in [2.45, 2.75) is 39.2 Å². The van der Waals surface area contributed by atoms with Gasteiger partial charge in [-0.05, 0) is 19.3 Å². The van der Waals surface area contributed by atoms with Gasteiger partial charge in [0, 0.05) is 19.6 Å². The Morgan fingerprint density at radius 2 is 2.08 bits per heavy atom. The van der Waals surface area contributed by atoms with Crippen molar-refractivity contribution in [3.05, 3.63) is 12.7 Å². The van der Waals surface area contributed by atoms with Crippen LogP contribution in [-0.4, -0.2) is 23.9 Å². The summed E-state index contributed by atoms with van der Waals surface area (Å²) in [6, 6.07) is 0. The molecule has 13 heavy (non-hydrogen) atoms. The SMILES string of the molecule is C=CC(C)(O)CCOCCC(C)C. The molecule has 0 aromatic carbocycles. The normalized spacial score (nSPS) is 15.8. The van der Waals surface area contributed by atoms with Crippen LogP contribution in [0.1, 0.15) is 33.6 Å². The molecule has 1 atom stereocenters. The quantitative estimate of drug-likeness (QED) is 0.488.